The lowest BCUT2D eigenvalue weighted by Crippen LogP contribution is -2.16. The number of rotatable bonds is 2. The number of benzene rings is 1. The third-order valence-corrected chi connectivity index (χ3v) is 5.54. The number of hydrogen-bond acceptors (Lipinski definition) is 0. The molecule has 1 saturated carbocycles. The van der Waals surface area contributed by atoms with Crippen molar-refractivity contribution in [3.8, 4) is 0 Å². The fourth-order valence-corrected chi connectivity index (χ4v) is 3.99. The Morgan fingerprint density at radius 3 is 2.47 bits per heavy atom. The van der Waals surface area contributed by atoms with Gasteiger partial charge in [-0.25, -0.2) is 0 Å². The van der Waals surface area contributed by atoms with Gasteiger partial charge in [0.15, 0.2) is 0 Å². The van der Waals surface area contributed by atoms with E-state index in [0.29, 0.717) is 5.92 Å². The topological polar surface area (TPSA) is 0 Å². The van der Waals surface area contributed by atoms with E-state index in [0.717, 1.165) is 14.9 Å². The smallest absolute Gasteiger partial charge is 0.0624 e. The van der Waals surface area contributed by atoms with Gasteiger partial charge in [0.2, 0.25) is 0 Å². The lowest BCUT2D eigenvalue weighted by atomic mass is 9.80. The molecule has 1 aliphatic carbocycles. The second-order valence-corrected chi connectivity index (χ2v) is 7.33. The largest absolute Gasteiger partial charge is 0.117 e. The Balaban J connectivity index is 2.13. The molecule has 17 heavy (non-hydrogen) atoms. The predicted octanol–water partition coefficient (Wildman–Crippen LogP) is 6.32. The zero-order chi connectivity index (χ0) is 12.4. The SMILES string of the molecule is CC1CCC(C(Cl)c2cc(Br)ccc2Br)CC1. The van der Waals surface area contributed by atoms with Gasteiger partial charge in [-0.05, 0) is 48.4 Å². The lowest BCUT2D eigenvalue weighted by Gasteiger charge is -2.30. The van der Waals surface area contributed by atoms with E-state index in [1.165, 1.54) is 31.2 Å². The maximum atomic E-state index is 6.66. The van der Waals surface area contributed by atoms with Crippen LogP contribution in [0.1, 0.15) is 43.5 Å². The van der Waals surface area contributed by atoms with Crippen LogP contribution in [0.25, 0.3) is 0 Å². The summed E-state index contributed by atoms with van der Waals surface area (Å²) in [6.45, 7) is 2.34. The molecular weight excluding hydrogens is 363 g/mol. The van der Waals surface area contributed by atoms with Gasteiger partial charge in [-0.2, -0.15) is 0 Å². The van der Waals surface area contributed by atoms with Crippen LogP contribution in [-0.4, -0.2) is 0 Å². The minimum absolute atomic E-state index is 0.134. The summed E-state index contributed by atoms with van der Waals surface area (Å²) < 4.78 is 2.23. The highest BCUT2D eigenvalue weighted by Crippen LogP contribution is 2.43. The Morgan fingerprint density at radius 2 is 1.82 bits per heavy atom. The quantitative estimate of drug-likeness (QED) is 0.527. The number of halogens is 3. The van der Waals surface area contributed by atoms with Crippen LogP contribution in [-0.2, 0) is 0 Å². The molecule has 0 radical (unpaired) electrons. The predicted molar refractivity (Wildman–Crippen MR) is 81.6 cm³/mol. The van der Waals surface area contributed by atoms with Gasteiger partial charge in [0.25, 0.3) is 0 Å². The molecule has 1 aliphatic rings. The van der Waals surface area contributed by atoms with Gasteiger partial charge in [-0.15, -0.1) is 11.6 Å². The van der Waals surface area contributed by atoms with Crippen molar-refractivity contribution in [3.05, 3.63) is 32.7 Å². The van der Waals surface area contributed by atoms with Crippen molar-refractivity contribution in [1.29, 1.82) is 0 Å². The molecular formula is C14H17Br2Cl. The first-order chi connectivity index (χ1) is 8.08. The van der Waals surface area contributed by atoms with Crippen LogP contribution >= 0.6 is 43.5 Å². The van der Waals surface area contributed by atoms with Crippen molar-refractivity contribution in [3.63, 3.8) is 0 Å². The van der Waals surface area contributed by atoms with Crippen LogP contribution in [0.15, 0.2) is 27.1 Å². The van der Waals surface area contributed by atoms with Gasteiger partial charge in [0.05, 0.1) is 5.38 Å². The first kappa shape index (κ1) is 13.9. The van der Waals surface area contributed by atoms with E-state index in [1.54, 1.807) is 0 Å². The average molecular weight is 381 g/mol. The summed E-state index contributed by atoms with van der Waals surface area (Å²) in [7, 11) is 0. The van der Waals surface area contributed by atoms with Crippen LogP contribution in [0.3, 0.4) is 0 Å². The van der Waals surface area contributed by atoms with E-state index in [4.69, 9.17) is 11.6 Å². The number of hydrogen-bond donors (Lipinski definition) is 0. The highest BCUT2D eigenvalue weighted by Gasteiger charge is 2.26. The van der Waals surface area contributed by atoms with Gasteiger partial charge in [-0.3, -0.25) is 0 Å². The zero-order valence-corrected chi connectivity index (χ0v) is 13.9. The summed E-state index contributed by atoms with van der Waals surface area (Å²) >= 11 is 13.8. The van der Waals surface area contributed by atoms with E-state index in [1.807, 2.05) is 6.07 Å². The van der Waals surface area contributed by atoms with Crippen LogP contribution in [0, 0.1) is 11.8 Å². The molecule has 2 rings (SSSR count). The Bertz CT molecular complexity index is 384. The van der Waals surface area contributed by atoms with Crippen LogP contribution in [0.4, 0.5) is 0 Å². The maximum absolute atomic E-state index is 6.66. The third-order valence-electron chi connectivity index (χ3n) is 3.73. The molecule has 0 aliphatic heterocycles. The highest BCUT2D eigenvalue weighted by atomic mass is 79.9. The van der Waals surface area contributed by atoms with Gasteiger partial charge < -0.3 is 0 Å². The summed E-state index contributed by atoms with van der Waals surface area (Å²) in [5.41, 5.74) is 1.22. The molecule has 0 bridgehead atoms. The van der Waals surface area contributed by atoms with E-state index < -0.39 is 0 Å². The van der Waals surface area contributed by atoms with Crippen LogP contribution < -0.4 is 0 Å². The molecule has 0 saturated heterocycles. The molecule has 0 amide bonds. The summed E-state index contributed by atoms with van der Waals surface area (Å²) in [6, 6.07) is 6.25. The van der Waals surface area contributed by atoms with E-state index in [2.05, 4.69) is 50.9 Å². The molecule has 3 heteroatoms. The van der Waals surface area contributed by atoms with Crippen molar-refractivity contribution in [2.45, 2.75) is 38.0 Å². The molecule has 1 aromatic rings. The molecule has 0 aromatic heterocycles. The van der Waals surface area contributed by atoms with E-state index in [9.17, 15) is 0 Å². The third kappa shape index (κ3) is 3.48. The van der Waals surface area contributed by atoms with Crippen molar-refractivity contribution in [2.24, 2.45) is 11.8 Å². The van der Waals surface area contributed by atoms with Crippen molar-refractivity contribution < 1.29 is 0 Å². The maximum Gasteiger partial charge on any atom is 0.0624 e. The minimum atomic E-state index is 0.134. The van der Waals surface area contributed by atoms with Gasteiger partial charge in [0.1, 0.15) is 0 Å². The summed E-state index contributed by atoms with van der Waals surface area (Å²) in [5, 5.41) is 0.134. The summed E-state index contributed by atoms with van der Waals surface area (Å²) in [6.07, 6.45) is 5.15. The Hall–Kier alpha value is 0.470. The fraction of sp³-hybridized carbons (Fsp3) is 0.571. The Labute approximate surface area is 125 Å². The molecule has 0 heterocycles. The summed E-state index contributed by atoms with van der Waals surface area (Å²) in [5.74, 6) is 1.50. The van der Waals surface area contributed by atoms with Crippen molar-refractivity contribution in [1.82, 2.24) is 0 Å². The molecule has 0 N–H and O–H groups in total. The summed E-state index contributed by atoms with van der Waals surface area (Å²) in [4.78, 5) is 0. The second kappa shape index (κ2) is 6.08. The molecule has 1 atom stereocenters. The number of alkyl halides is 1. The average Bonchev–Trinajstić information content (AvgIpc) is 2.32. The Kier molecular flexibility index (Phi) is 4.96. The Morgan fingerprint density at radius 1 is 1.18 bits per heavy atom. The molecule has 1 fully saturated rings. The molecule has 0 spiro atoms. The van der Waals surface area contributed by atoms with Crippen molar-refractivity contribution in [2.75, 3.05) is 0 Å². The normalized spacial score (nSPS) is 26.8. The van der Waals surface area contributed by atoms with Crippen LogP contribution in [0.2, 0.25) is 0 Å². The molecule has 1 unspecified atom stereocenters. The first-order valence-corrected chi connectivity index (χ1v) is 8.19. The van der Waals surface area contributed by atoms with Crippen LogP contribution in [0.5, 0.6) is 0 Å². The van der Waals surface area contributed by atoms with E-state index in [-0.39, 0.29) is 5.38 Å². The second-order valence-electron chi connectivity index (χ2n) is 5.09. The highest BCUT2D eigenvalue weighted by molar-refractivity contribution is 9.11. The molecule has 1 aromatic carbocycles. The molecule has 94 valence electrons. The van der Waals surface area contributed by atoms with Gasteiger partial charge >= 0.3 is 0 Å². The molecule has 0 nitrogen and oxygen atoms in total. The standard InChI is InChI=1S/C14H17Br2Cl/c1-9-2-4-10(5-3-9)14(17)12-8-11(15)6-7-13(12)16/h6-10,14H,2-5H2,1H3. The minimum Gasteiger partial charge on any atom is -0.117 e. The van der Waals surface area contributed by atoms with E-state index >= 15 is 0 Å². The first-order valence-electron chi connectivity index (χ1n) is 6.17. The monoisotopic (exact) mass is 378 g/mol. The van der Waals surface area contributed by atoms with Crippen molar-refractivity contribution >= 4 is 43.5 Å². The zero-order valence-electron chi connectivity index (χ0n) is 9.93. The van der Waals surface area contributed by atoms with Gasteiger partial charge in [0, 0.05) is 8.95 Å². The van der Waals surface area contributed by atoms with Gasteiger partial charge in [-0.1, -0.05) is 51.6 Å². The fourth-order valence-electron chi connectivity index (χ4n) is 2.56. The lowest BCUT2D eigenvalue weighted by molar-refractivity contribution is 0.283.